The minimum atomic E-state index is 0.317. The molecule has 1 rings (SSSR count). The van der Waals surface area contributed by atoms with Crippen molar-refractivity contribution in [2.24, 2.45) is 7.05 Å². The zero-order valence-electron chi connectivity index (χ0n) is 5.68. The van der Waals surface area contributed by atoms with Gasteiger partial charge in [-0.3, -0.25) is 10.4 Å². The SMILES string of the molecule is Cc1cc(C[NH])n(C)n1. The van der Waals surface area contributed by atoms with Crippen molar-refractivity contribution in [2.45, 2.75) is 13.5 Å². The summed E-state index contributed by atoms with van der Waals surface area (Å²) in [4.78, 5) is 0. The van der Waals surface area contributed by atoms with Crippen molar-refractivity contribution in [1.82, 2.24) is 15.5 Å². The fourth-order valence-electron chi connectivity index (χ4n) is 0.830. The quantitative estimate of drug-likeness (QED) is 0.537. The molecule has 0 saturated heterocycles. The molecule has 0 aromatic carbocycles. The highest BCUT2D eigenvalue weighted by Gasteiger charge is 1.96. The van der Waals surface area contributed by atoms with Crippen molar-refractivity contribution < 1.29 is 0 Å². The van der Waals surface area contributed by atoms with Gasteiger partial charge in [0.2, 0.25) is 0 Å². The maximum atomic E-state index is 7.04. The van der Waals surface area contributed by atoms with Crippen molar-refractivity contribution in [2.75, 3.05) is 0 Å². The average molecular weight is 124 g/mol. The first-order valence-corrected chi connectivity index (χ1v) is 2.88. The highest BCUT2D eigenvalue weighted by molar-refractivity contribution is 5.07. The number of aromatic nitrogens is 2. The van der Waals surface area contributed by atoms with Crippen LogP contribution in [0.5, 0.6) is 0 Å². The van der Waals surface area contributed by atoms with Crippen LogP contribution in [0.2, 0.25) is 0 Å². The predicted molar refractivity (Wildman–Crippen MR) is 34.7 cm³/mol. The molecule has 3 heteroatoms. The van der Waals surface area contributed by atoms with Gasteiger partial charge in [-0.15, -0.1) is 0 Å². The molecule has 0 spiro atoms. The van der Waals surface area contributed by atoms with Gasteiger partial charge < -0.3 is 0 Å². The van der Waals surface area contributed by atoms with Crippen LogP contribution in [-0.4, -0.2) is 9.78 Å². The van der Waals surface area contributed by atoms with E-state index in [4.69, 9.17) is 5.73 Å². The molecule has 0 aliphatic carbocycles. The Hall–Kier alpha value is -0.830. The molecule has 49 valence electrons. The third-order valence-corrected chi connectivity index (χ3v) is 1.28. The normalized spacial score (nSPS) is 10.1. The Labute approximate surface area is 54.5 Å². The summed E-state index contributed by atoms with van der Waals surface area (Å²) in [5.41, 5.74) is 8.99. The third-order valence-electron chi connectivity index (χ3n) is 1.28. The number of rotatable bonds is 1. The van der Waals surface area contributed by atoms with Gasteiger partial charge in [0.15, 0.2) is 0 Å². The van der Waals surface area contributed by atoms with E-state index in [0.717, 1.165) is 11.4 Å². The second-order valence-corrected chi connectivity index (χ2v) is 2.08. The molecule has 1 aromatic heterocycles. The van der Waals surface area contributed by atoms with Gasteiger partial charge in [0.25, 0.3) is 0 Å². The molecule has 0 saturated carbocycles. The lowest BCUT2D eigenvalue weighted by molar-refractivity contribution is 0.701. The van der Waals surface area contributed by atoms with Crippen molar-refractivity contribution in [3.63, 3.8) is 0 Å². The summed E-state index contributed by atoms with van der Waals surface area (Å²) in [5, 5.41) is 4.08. The van der Waals surface area contributed by atoms with Gasteiger partial charge in [0.1, 0.15) is 0 Å². The lowest BCUT2D eigenvalue weighted by Crippen LogP contribution is -1.97. The fourth-order valence-corrected chi connectivity index (χ4v) is 0.830. The molecule has 1 N–H and O–H groups in total. The zero-order valence-corrected chi connectivity index (χ0v) is 5.68. The molecule has 0 fully saturated rings. The molecular formula is C6H10N3. The Kier molecular flexibility index (Phi) is 1.53. The van der Waals surface area contributed by atoms with Crippen molar-refractivity contribution in [3.05, 3.63) is 17.5 Å². The van der Waals surface area contributed by atoms with Crippen LogP contribution in [0.25, 0.3) is 0 Å². The van der Waals surface area contributed by atoms with Crippen LogP contribution >= 0.6 is 0 Å². The van der Waals surface area contributed by atoms with E-state index in [1.165, 1.54) is 0 Å². The molecule has 0 amide bonds. The van der Waals surface area contributed by atoms with Gasteiger partial charge in [-0.05, 0) is 13.0 Å². The van der Waals surface area contributed by atoms with E-state index in [1.807, 2.05) is 20.0 Å². The molecular weight excluding hydrogens is 114 g/mol. The van der Waals surface area contributed by atoms with Gasteiger partial charge in [-0.25, -0.2) is 0 Å². The Morgan fingerprint density at radius 1 is 1.78 bits per heavy atom. The topological polar surface area (TPSA) is 41.6 Å². The summed E-state index contributed by atoms with van der Waals surface area (Å²) in [5.74, 6) is 0. The van der Waals surface area contributed by atoms with Crippen molar-refractivity contribution in [3.8, 4) is 0 Å². The molecule has 1 aromatic rings. The first-order chi connectivity index (χ1) is 4.24. The van der Waals surface area contributed by atoms with Crippen LogP contribution in [0.1, 0.15) is 11.4 Å². The first kappa shape index (κ1) is 6.29. The second kappa shape index (κ2) is 2.19. The number of hydrogen-bond donors (Lipinski definition) is 0. The maximum Gasteiger partial charge on any atom is 0.0597 e. The number of aryl methyl sites for hydroxylation is 2. The van der Waals surface area contributed by atoms with Crippen LogP contribution in [0.4, 0.5) is 0 Å². The van der Waals surface area contributed by atoms with Gasteiger partial charge in [-0.2, -0.15) is 5.10 Å². The largest absolute Gasteiger partial charge is 0.271 e. The lowest BCUT2D eigenvalue weighted by Gasteiger charge is -1.92. The van der Waals surface area contributed by atoms with E-state index in [-0.39, 0.29) is 0 Å². The van der Waals surface area contributed by atoms with Crippen LogP contribution in [-0.2, 0) is 13.6 Å². The number of nitrogens with zero attached hydrogens (tertiary/aromatic N) is 2. The van der Waals surface area contributed by atoms with Crippen LogP contribution in [0, 0.1) is 6.92 Å². The molecule has 0 aliphatic heterocycles. The van der Waals surface area contributed by atoms with E-state index < -0.39 is 0 Å². The second-order valence-electron chi connectivity index (χ2n) is 2.08. The predicted octanol–water partition coefficient (Wildman–Crippen LogP) is 0.511. The number of nitrogens with one attached hydrogen (secondary N) is 1. The summed E-state index contributed by atoms with van der Waals surface area (Å²) in [6, 6.07) is 1.92. The molecule has 0 bridgehead atoms. The lowest BCUT2D eigenvalue weighted by atomic mass is 10.4. The molecule has 0 unspecified atom stereocenters. The summed E-state index contributed by atoms with van der Waals surface area (Å²) in [7, 11) is 1.86. The smallest absolute Gasteiger partial charge is 0.0597 e. The monoisotopic (exact) mass is 124 g/mol. The van der Waals surface area contributed by atoms with E-state index >= 15 is 0 Å². The molecule has 9 heavy (non-hydrogen) atoms. The summed E-state index contributed by atoms with van der Waals surface area (Å²) in [6.07, 6.45) is 0. The van der Waals surface area contributed by atoms with Crippen LogP contribution in [0.3, 0.4) is 0 Å². The highest BCUT2D eigenvalue weighted by Crippen LogP contribution is 1.99. The van der Waals surface area contributed by atoms with E-state index in [9.17, 15) is 0 Å². The Morgan fingerprint density at radius 2 is 2.44 bits per heavy atom. The standard InChI is InChI=1S/C6H10N3/c1-5-3-6(4-7)9(2)8-5/h3,7H,4H2,1-2H3. The van der Waals surface area contributed by atoms with Gasteiger partial charge in [-0.1, -0.05) is 0 Å². The first-order valence-electron chi connectivity index (χ1n) is 2.88. The fraction of sp³-hybridized carbons (Fsp3) is 0.500. The van der Waals surface area contributed by atoms with E-state index in [0.29, 0.717) is 6.54 Å². The van der Waals surface area contributed by atoms with Gasteiger partial charge in [0, 0.05) is 7.05 Å². The van der Waals surface area contributed by atoms with Gasteiger partial charge >= 0.3 is 0 Å². The third kappa shape index (κ3) is 1.10. The summed E-state index contributed by atoms with van der Waals surface area (Å²) in [6.45, 7) is 2.25. The van der Waals surface area contributed by atoms with Crippen molar-refractivity contribution >= 4 is 0 Å². The van der Waals surface area contributed by atoms with Gasteiger partial charge in [0.05, 0.1) is 17.9 Å². The van der Waals surface area contributed by atoms with E-state index in [1.54, 1.807) is 4.68 Å². The van der Waals surface area contributed by atoms with Crippen LogP contribution < -0.4 is 5.73 Å². The molecule has 1 heterocycles. The molecule has 0 atom stereocenters. The summed E-state index contributed by atoms with van der Waals surface area (Å²) >= 11 is 0. The maximum absolute atomic E-state index is 7.04. The molecule has 3 nitrogen and oxygen atoms in total. The highest BCUT2D eigenvalue weighted by atomic mass is 15.3. The Bertz CT molecular complexity index is 202. The van der Waals surface area contributed by atoms with Crippen molar-refractivity contribution in [1.29, 1.82) is 0 Å². The average Bonchev–Trinajstić information content (AvgIpc) is 2.10. The Morgan fingerprint density at radius 3 is 2.67 bits per heavy atom. The van der Waals surface area contributed by atoms with Crippen LogP contribution in [0.15, 0.2) is 6.07 Å². The molecule has 0 aliphatic rings. The molecule has 1 radical (unpaired) electrons. The Balaban J connectivity index is 3.01. The van der Waals surface area contributed by atoms with E-state index in [2.05, 4.69) is 5.10 Å². The zero-order chi connectivity index (χ0) is 6.85. The summed E-state index contributed by atoms with van der Waals surface area (Å²) < 4.78 is 1.74. The minimum absolute atomic E-state index is 0.317. The minimum Gasteiger partial charge on any atom is -0.271 e. The number of hydrogen-bond acceptors (Lipinski definition) is 1.